The Kier molecular flexibility index (Phi) is 2.22. The number of aliphatic hydroxyl groups excluding tert-OH is 1. The molecule has 4 nitrogen and oxygen atoms in total. The topological polar surface area (TPSA) is 62.2 Å². The molecule has 4 unspecified atom stereocenters. The second-order valence-electron chi connectivity index (χ2n) is 7.55. The molecule has 0 radical (unpaired) electrons. The summed E-state index contributed by atoms with van der Waals surface area (Å²) in [5, 5.41) is 21.4. The first-order valence-electron chi connectivity index (χ1n) is 7.58. The normalized spacial score (nSPS) is 67.1. The fraction of sp³-hybridized carbons (Fsp3) is 1.00. The first-order chi connectivity index (χ1) is 8.86. The smallest absolute Gasteiger partial charge is 0.198 e. The van der Waals surface area contributed by atoms with Gasteiger partial charge in [-0.3, -0.25) is 0 Å². The molecular weight excluding hydrogens is 244 g/mol. The monoisotopic (exact) mass is 268 g/mol. The fourth-order valence-electron chi connectivity index (χ4n) is 5.28. The van der Waals surface area contributed by atoms with Crippen LogP contribution in [0, 0.1) is 23.2 Å². The number of fused-ring (bicyclic) bond motifs is 2. The van der Waals surface area contributed by atoms with E-state index in [1.54, 1.807) is 0 Å². The van der Waals surface area contributed by atoms with Gasteiger partial charge in [0.1, 0.15) is 11.7 Å². The third kappa shape index (κ3) is 1.17. The Bertz CT molecular complexity index is 426. The van der Waals surface area contributed by atoms with Crippen molar-refractivity contribution in [2.24, 2.45) is 23.2 Å². The summed E-state index contributed by atoms with van der Waals surface area (Å²) in [6, 6.07) is 0. The van der Waals surface area contributed by atoms with Gasteiger partial charge in [0.25, 0.3) is 0 Å². The van der Waals surface area contributed by atoms with E-state index in [1.807, 2.05) is 0 Å². The molecule has 2 saturated heterocycles. The van der Waals surface area contributed by atoms with Crippen LogP contribution >= 0.6 is 0 Å². The number of hydrogen-bond donors (Lipinski definition) is 2. The molecule has 0 bridgehead atoms. The van der Waals surface area contributed by atoms with Crippen molar-refractivity contribution in [1.29, 1.82) is 0 Å². The second-order valence-corrected chi connectivity index (χ2v) is 7.55. The Morgan fingerprint density at radius 2 is 1.95 bits per heavy atom. The molecule has 2 aliphatic carbocycles. The van der Waals surface area contributed by atoms with E-state index in [9.17, 15) is 10.2 Å². The highest BCUT2D eigenvalue weighted by molar-refractivity contribution is 5.28. The van der Waals surface area contributed by atoms with E-state index in [0.29, 0.717) is 18.4 Å². The van der Waals surface area contributed by atoms with E-state index < -0.39 is 17.5 Å². The summed E-state index contributed by atoms with van der Waals surface area (Å²) in [6.07, 6.45) is 1.88. The molecule has 0 aromatic carbocycles. The lowest BCUT2D eigenvalue weighted by molar-refractivity contribution is -0.232. The van der Waals surface area contributed by atoms with Crippen molar-refractivity contribution in [3.8, 4) is 0 Å². The standard InChI is InChI=1S/C15H24O4/c1-8-7-18-15(17)10(8)6-13(3)9(2)4-5-11(16)14(13)12(15)19-14/h8-12,16-17H,4-7H2,1-3H3/t8-,9+,10?,11?,12?,13-,14?,15+/m1/s1. The van der Waals surface area contributed by atoms with Gasteiger partial charge in [0, 0.05) is 11.3 Å². The van der Waals surface area contributed by atoms with Crippen molar-refractivity contribution in [3.05, 3.63) is 0 Å². The minimum Gasteiger partial charge on any atom is -0.390 e. The Hall–Kier alpha value is -0.160. The van der Waals surface area contributed by atoms with Gasteiger partial charge in [-0.2, -0.15) is 0 Å². The summed E-state index contributed by atoms with van der Waals surface area (Å²) in [5.41, 5.74) is -0.617. The molecule has 0 aromatic heterocycles. The van der Waals surface area contributed by atoms with Crippen LogP contribution in [0.15, 0.2) is 0 Å². The molecule has 1 spiro atoms. The predicted molar refractivity (Wildman–Crippen MR) is 68.3 cm³/mol. The SMILES string of the molecule is C[C@@H]1CO[C@@]2(O)C1C[C@]1(C)[C@@H](C)CCC(O)C13OC32. The Balaban J connectivity index is 1.80. The Labute approximate surface area is 114 Å². The minimum absolute atomic E-state index is 0.0474. The Morgan fingerprint density at radius 3 is 2.68 bits per heavy atom. The van der Waals surface area contributed by atoms with Crippen LogP contribution in [0.1, 0.15) is 40.0 Å². The lowest BCUT2D eigenvalue weighted by Gasteiger charge is -2.53. The third-order valence-electron chi connectivity index (χ3n) is 6.81. The van der Waals surface area contributed by atoms with Gasteiger partial charge in [0.2, 0.25) is 0 Å². The average Bonchev–Trinajstić information content (AvgIpc) is 3.08. The molecule has 8 atom stereocenters. The quantitative estimate of drug-likeness (QED) is 0.650. The van der Waals surface area contributed by atoms with Crippen LogP contribution in [0.4, 0.5) is 0 Å². The summed E-state index contributed by atoms with van der Waals surface area (Å²) in [7, 11) is 0. The van der Waals surface area contributed by atoms with Crippen molar-refractivity contribution in [1.82, 2.24) is 0 Å². The third-order valence-corrected chi connectivity index (χ3v) is 6.81. The highest BCUT2D eigenvalue weighted by Gasteiger charge is 2.84. The maximum Gasteiger partial charge on any atom is 0.198 e. The van der Waals surface area contributed by atoms with Crippen LogP contribution < -0.4 is 0 Å². The van der Waals surface area contributed by atoms with Crippen LogP contribution in [-0.2, 0) is 9.47 Å². The molecule has 4 fully saturated rings. The zero-order chi connectivity index (χ0) is 13.6. The van der Waals surface area contributed by atoms with Crippen LogP contribution in [0.3, 0.4) is 0 Å². The van der Waals surface area contributed by atoms with Crippen LogP contribution in [0.5, 0.6) is 0 Å². The number of epoxide rings is 1. The minimum atomic E-state index is -1.17. The summed E-state index contributed by atoms with van der Waals surface area (Å²) in [6.45, 7) is 7.24. The van der Waals surface area contributed by atoms with Crippen LogP contribution in [0.2, 0.25) is 0 Å². The number of rotatable bonds is 0. The van der Waals surface area contributed by atoms with E-state index >= 15 is 0 Å². The molecule has 19 heavy (non-hydrogen) atoms. The Morgan fingerprint density at radius 1 is 1.21 bits per heavy atom. The summed E-state index contributed by atoms with van der Waals surface area (Å²) in [4.78, 5) is 0. The van der Waals surface area contributed by atoms with Crippen LogP contribution in [-0.4, -0.2) is 40.4 Å². The average molecular weight is 268 g/mol. The van der Waals surface area contributed by atoms with Crippen molar-refractivity contribution < 1.29 is 19.7 Å². The van der Waals surface area contributed by atoms with Crippen molar-refractivity contribution in [2.75, 3.05) is 6.61 Å². The van der Waals surface area contributed by atoms with Crippen molar-refractivity contribution in [3.63, 3.8) is 0 Å². The van der Waals surface area contributed by atoms with Gasteiger partial charge in [-0.15, -0.1) is 0 Å². The first kappa shape index (κ1) is 12.6. The van der Waals surface area contributed by atoms with E-state index in [-0.39, 0.29) is 17.4 Å². The lowest BCUT2D eigenvalue weighted by atomic mass is 9.50. The van der Waals surface area contributed by atoms with Gasteiger partial charge in [-0.05, 0) is 31.1 Å². The van der Waals surface area contributed by atoms with Crippen molar-refractivity contribution >= 4 is 0 Å². The number of hydrogen-bond acceptors (Lipinski definition) is 4. The van der Waals surface area contributed by atoms with Crippen LogP contribution in [0.25, 0.3) is 0 Å². The fourth-order valence-corrected chi connectivity index (χ4v) is 5.28. The molecule has 2 heterocycles. The van der Waals surface area contributed by atoms with E-state index in [4.69, 9.17) is 9.47 Å². The molecule has 0 amide bonds. The van der Waals surface area contributed by atoms with Gasteiger partial charge in [-0.25, -0.2) is 0 Å². The van der Waals surface area contributed by atoms with E-state index in [2.05, 4.69) is 20.8 Å². The number of ether oxygens (including phenoxy) is 2. The van der Waals surface area contributed by atoms with Gasteiger partial charge in [0.05, 0.1) is 12.7 Å². The zero-order valence-corrected chi connectivity index (χ0v) is 11.9. The van der Waals surface area contributed by atoms with Gasteiger partial charge < -0.3 is 19.7 Å². The zero-order valence-electron chi connectivity index (χ0n) is 11.9. The second kappa shape index (κ2) is 3.35. The highest BCUT2D eigenvalue weighted by Crippen LogP contribution is 2.71. The molecule has 2 N–H and O–H groups in total. The maximum atomic E-state index is 10.9. The van der Waals surface area contributed by atoms with E-state index in [1.165, 1.54) is 0 Å². The maximum absolute atomic E-state index is 10.9. The summed E-state index contributed by atoms with van der Waals surface area (Å²) in [5.74, 6) is -0.170. The van der Waals surface area contributed by atoms with Crippen molar-refractivity contribution in [2.45, 2.75) is 63.6 Å². The molecule has 2 aliphatic heterocycles. The van der Waals surface area contributed by atoms with E-state index in [0.717, 1.165) is 19.3 Å². The molecule has 2 saturated carbocycles. The molecule has 0 aromatic rings. The lowest BCUT2D eigenvalue weighted by Crippen LogP contribution is -2.63. The molecule has 108 valence electrons. The molecular formula is C15H24O4. The van der Waals surface area contributed by atoms with Gasteiger partial charge >= 0.3 is 0 Å². The molecule has 4 rings (SSSR count). The summed E-state index contributed by atoms with van der Waals surface area (Å²) < 4.78 is 11.7. The first-order valence-corrected chi connectivity index (χ1v) is 7.58. The predicted octanol–water partition coefficient (Wildman–Crippen LogP) is 1.30. The largest absolute Gasteiger partial charge is 0.390 e. The summed E-state index contributed by atoms with van der Waals surface area (Å²) >= 11 is 0. The molecule has 4 aliphatic rings. The van der Waals surface area contributed by atoms with Gasteiger partial charge in [-0.1, -0.05) is 20.8 Å². The number of aliphatic hydroxyl groups is 2. The highest BCUT2D eigenvalue weighted by atomic mass is 16.7. The molecule has 4 heteroatoms. The van der Waals surface area contributed by atoms with Gasteiger partial charge in [0.15, 0.2) is 5.79 Å².